The molecule has 1 aliphatic heterocycles. The summed E-state index contributed by atoms with van der Waals surface area (Å²) in [6, 6.07) is 6.83. The summed E-state index contributed by atoms with van der Waals surface area (Å²) in [7, 11) is 0. The fourth-order valence-corrected chi connectivity index (χ4v) is 4.40. The first kappa shape index (κ1) is 14.8. The first-order valence-corrected chi connectivity index (χ1v) is 9.04. The third kappa shape index (κ3) is 2.90. The minimum atomic E-state index is -0.188. The molecule has 1 amide bonds. The van der Waals surface area contributed by atoms with Crippen molar-refractivity contribution in [2.75, 3.05) is 13.1 Å². The molecule has 0 radical (unpaired) electrons. The van der Waals surface area contributed by atoms with E-state index in [9.17, 15) is 9.18 Å². The van der Waals surface area contributed by atoms with Crippen molar-refractivity contribution >= 4 is 17.2 Å². The largest absolute Gasteiger partial charge is 0.342 e. The summed E-state index contributed by atoms with van der Waals surface area (Å²) >= 11 is 1.67. The number of hydrogen-bond donors (Lipinski definition) is 0. The number of nitrogens with zero attached hydrogens (tertiary/aromatic N) is 2. The second kappa shape index (κ2) is 6.04. The van der Waals surface area contributed by atoms with Gasteiger partial charge in [0.25, 0.3) is 0 Å². The summed E-state index contributed by atoms with van der Waals surface area (Å²) in [4.78, 5) is 19.1. The first-order valence-electron chi connectivity index (χ1n) is 8.16. The Balaban J connectivity index is 1.43. The van der Waals surface area contributed by atoms with Crippen molar-refractivity contribution < 1.29 is 9.18 Å². The van der Waals surface area contributed by atoms with Crippen molar-refractivity contribution in [2.45, 2.75) is 31.1 Å². The third-order valence-electron chi connectivity index (χ3n) is 4.95. The van der Waals surface area contributed by atoms with Gasteiger partial charge in [0.05, 0.1) is 5.01 Å². The Morgan fingerprint density at radius 3 is 3.00 bits per heavy atom. The number of aromatic nitrogens is 1. The number of piperidine rings is 1. The van der Waals surface area contributed by atoms with Crippen LogP contribution in [0.1, 0.15) is 41.7 Å². The highest BCUT2D eigenvalue weighted by Crippen LogP contribution is 2.49. The Labute approximate surface area is 139 Å². The van der Waals surface area contributed by atoms with E-state index in [-0.39, 0.29) is 23.6 Å². The molecule has 1 aromatic carbocycles. The van der Waals surface area contributed by atoms with Crippen LogP contribution in [0, 0.1) is 11.7 Å². The molecule has 0 unspecified atom stereocenters. The van der Waals surface area contributed by atoms with Gasteiger partial charge in [0.15, 0.2) is 0 Å². The van der Waals surface area contributed by atoms with E-state index in [1.165, 1.54) is 6.07 Å². The van der Waals surface area contributed by atoms with Gasteiger partial charge in [-0.2, -0.15) is 0 Å². The zero-order valence-electron chi connectivity index (χ0n) is 12.8. The second-order valence-electron chi connectivity index (χ2n) is 6.46. The maximum atomic E-state index is 13.9. The molecule has 1 saturated carbocycles. The molecule has 0 bridgehead atoms. The predicted molar refractivity (Wildman–Crippen MR) is 87.9 cm³/mol. The number of halogens is 1. The molecule has 3 atom stereocenters. The summed E-state index contributed by atoms with van der Waals surface area (Å²) in [5, 5.41) is 3.12. The van der Waals surface area contributed by atoms with E-state index < -0.39 is 0 Å². The maximum absolute atomic E-state index is 13.9. The van der Waals surface area contributed by atoms with Crippen molar-refractivity contribution in [1.29, 1.82) is 0 Å². The molecular weight excluding hydrogens is 311 g/mol. The molecule has 2 heterocycles. The minimum absolute atomic E-state index is 0.0399. The van der Waals surface area contributed by atoms with Gasteiger partial charge in [-0.05, 0) is 36.8 Å². The minimum Gasteiger partial charge on any atom is -0.342 e. The van der Waals surface area contributed by atoms with E-state index in [2.05, 4.69) is 4.98 Å². The molecule has 3 nitrogen and oxygen atoms in total. The number of carbonyl (C=O) groups is 1. The molecule has 1 saturated heterocycles. The molecule has 120 valence electrons. The number of amides is 1. The lowest BCUT2D eigenvalue weighted by molar-refractivity contribution is -0.133. The fourth-order valence-electron chi connectivity index (χ4n) is 3.64. The van der Waals surface area contributed by atoms with Crippen LogP contribution in [0.25, 0.3) is 0 Å². The average Bonchev–Trinajstić information content (AvgIpc) is 3.17. The topological polar surface area (TPSA) is 33.2 Å². The number of carbonyl (C=O) groups excluding carboxylic acids is 1. The molecule has 1 aliphatic carbocycles. The van der Waals surface area contributed by atoms with E-state index >= 15 is 0 Å². The second-order valence-corrected chi connectivity index (χ2v) is 7.39. The van der Waals surface area contributed by atoms with Gasteiger partial charge in [-0.1, -0.05) is 18.2 Å². The summed E-state index contributed by atoms with van der Waals surface area (Å²) in [6.07, 6.45) is 4.72. The van der Waals surface area contributed by atoms with E-state index in [4.69, 9.17) is 0 Å². The zero-order chi connectivity index (χ0) is 15.8. The van der Waals surface area contributed by atoms with Crippen molar-refractivity contribution in [3.05, 3.63) is 52.2 Å². The highest BCUT2D eigenvalue weighted by Gasteiger charge is 2.47. The lowest BCUT2D eigenvalue weighted by Crippen LogP contribution is -2.40. The van der Waals surface area contributed by atoms with Crippen LogP contribution < -0.4 is 0 Å². The Morgan fingerprint density at radius 2 is 2.22 bits per heavy atom. The summed E-state index contributed by atoms with van der Waals surface area (Å²) < 4.78 is 13.9. The normalized spacial score (nSPS) is 27.0. The monoisotopic (exact) mass is 330 g/mol. The van der Waals surface area contributed by atoms with Crippen LogP contribution in [-0.2, 0) is 4.79 Å². The summed E-state index contributed by atoms with van der Waals surface area (Å²) in [5.41, 5.74) is 0.694. The van der Waals surface area contributed by atoms with Gasteiger partial charge in [0.2, 0.25) is 5.91 Å². The number of likely N-dealkylation sites (tertiary alicyclic amines) is 1. The van der Waals surface area contributed by atoms with Crippen LogP contribution in [0.4, 0.5) is 4.39 Å². The lowest BCUT2D eigenvalue weighted by atomic mass is 9.98. The molecule has 23 heavy (non-hydrogen) atoms. The van der Waals surface area contributed by atoms with Gasteiger partial charge in [-0.3, -0.25) is 4.79 Å². The van der Waals surface area contributed by atoms with E-state index in [0.29, 0.717) is 11.5 Å². The smallest absolute Gasteiger partial charge is 0.226 e. The van der Waals surface area contributed by atoms with Gasteiger partial charge in [0, 0.05) is 36.5 Å². The number of thiazole rings is 1. The highest BCUT2D eigenvalue weighted by molar-refractivity contribution is 7.09. The molecular formula is C18H19FN2OS. The number of rotatable bonds is 3. The molecule has 4 rings (SSSR count). The molecule has 2 aromatic rings. The van der Waals surface area contributed by atoms with Crippen molar-refractivity contribution in [2.24, 2.45) is 5.92 Å². The molecule has 5 heteroatoms. The molecule has 2 fully saturated rings. The van der Waals surface area contributed by atoms with Crippen LogP contribution in [0.2, 0.25) is 0 Å². The maximum Gasteiger partial charge on any atom is 0.226 e. The van der Waals surface area contributed by atoms with Crippen LogP contribution in [0.5, 0.6) is 0 Å². The van der Waals surface area contributed by atoms with Crippen LogP contribution in [-0.4, -0.2) is 28.9 Å². The summed E-state index contributed by atoms with van der Waals surface area (Å²) in [6.45, 7) is 1.58. The SMILES string of the molecule is O=C([C@@H]1C[C@@H]1c1ccccc1F)N1CCC[C@@H](c2nccs2)C1. The van der Waals surface area contributed by atoms with Gasteiger partial charge in [0.1, 0.15) is 5.82 Å². The van der Waals surface area contributed by atoms with Crippen molar-refractivity contribution in [3.8, 4) is 0 Å². The van der Waals surface area contributed by atoms with E-state index in [0.717, 1.165) is 37.4 Å². The zero-order valence-corrected chi connectivity index (χ0v) is 13.6. The number of hydrogen-bond acceptors (Lipinski definition) is 3. The number of benzene rings is 1. The predicted octanol–water partition coefficient (Wildman–Crippen LogP) is 3.79. The third-order valence-corrected chi connectivity index (χ3v) is 5.88. The fraction of sp³-hybridized carbons (Fsp3) is 0.444. The first-order chi connectivity index (χ1) is 11.2. The van der Waals surface area contributed by atoms with Crippen LogP contribution in [0.3, 0.4) is 0 Å². The standard InChI is InChI=1S/C18H19FN2OS/c19-16-6-2-1-5-13(16)14-10-15(14)18(22)21-8-3-4-12(11-21)17-20-7-9-23-17/h1-2,5-7,9,12,14-15H,3-4,8,10-11H2/t12-,14-,15-/m1/s1. The quantitative estimate of drug-likeness (QED) is 0.858. The molecule has 0 spiro atoms. The highest BCUT2D eigenvalue weighted by atomic mass is 32.1. The van der Waals surface area contributed by atoms with Crippen molar-refractivity contribution in [3.63, 3.8) is 0 Å². The Kier molecular flexibility index (Phi) is 3.89. The Hall–Kier alpha value is -1.75. The lowest BCUT2D eigenvalue weighted by Gasteiger charge is -2.32. The van der Waals surface area contributed by atoms with E-state index in [1.54, 1.807) is 17.4 Å². The molecule has 1 aromatic heterocycles. The van der Waals surface area contributed by atoms with Gasteiger partial charge in [-0.15, -0.1) is 11.3 Å². The van der Waals surface area contributed by atoms with Crippen molar-refractivity contribution in [1.82, 2.24) is 9.88 Å². The van der Waals surface area contributed by atoms with Gasteiger partial charge in [-0.25, -0.2) is 9.37 Å². The van der Waals surface area contributed by atoms with Gasteiger partial charge >= 0.3 is 0 Å². The Morgan fingerprint density at radius 1 is 1.35 bits per heavy atom. The Bertz CT molecular complexity index is 703. The van der Waals surface area contributed by atoms with Gasteiger partial charge < -0.3 is 4.90 Å². The van der Waals surface area contributed by atoms with E-state index in [1.807, 2.05) is 28.6 Å². The van der Waals surface area contributed by atoms with Crippen LogP contribution in [0.15, 0.2) is 35.8 Å². The van der Waals surface area contributed by atoms with Crippen LogP contribution >= 0.6 is 11.3 Å². The average molecular weight is 330 g/mol. The summed E-state index contributed by atoms with van der Waals surface area (Å²) in [5.74, 6) is 0.385. The molecule has 0 N–H and O–H groups in total. The molecule has 2 aliphatic rings.